The zero-order chi connectivity index (χ0) is 9.64. The van der Waals surface area contributed by atoms with Crippen LogP contribution in [0.15, 0.2) is 0 Å². The van der Waals surface area contributed by atoms with Crippen LogP contribution in [0, 0.1) is 17.8 Å². The van der Waals surface area contributed by atoms with E-state index in [-0.39, 0.29) is 5.60 Å². The Kier molecular flexibility index (Phi) is 2.16. The van der Waals surface area contributed by atoms with Crippen LogP contribution in [0.2, 0.25) is 0 Å². The van der Waals surface area contributed by atoms with Gasteiger partial charge in [-0.2, -0.15) is 0 Å². The Bertz CT molecular complexity index is 206. The summed E-state index contributed by atoms with van der Waals surface area (Å²) >= 11 is 0. The summed E-state index contributed by atoms with van der Waals surface area (Å²) in [6.07, 6.45) is 2.23. The molecular weight excluding hydrogens is 162 g/mol. The molecular formula is C11H21NO. The average molecular weight is 183 g/mol. The first-order chi connectivity index (χ1) is 6.04. The maximum atomic E-state index is 10.5. The molecule has 0 radical (unpaired) electrons. The van der Waals surface area contributed by atoms with Gasteiger partial charge < -0.3 is 10.0 Å². The molecule has 2 nitrogen and oxygen atoms in total. The summed E-state index contributed by atoms with van der Waals surface area (Å²) in [6, 6.07) is 0. The number of fused-ring (bicyclic) bond motifs is 1. The van der Waals surface area contributed by atoms with Gasteiger partial charge in [0.1, 0.15) is 0 Å². The number of aliphatic hydroxyl groups is 1. The van der Waals surface area contributed by atoms with E-state index in [1.165, 1.54) is 6.42 Å². The molecule has 1 aliphatic carbocycles. The summed E-state index contributed by atoms with van der Waals surface area (Å²) in [5, 5.41) is 10.5. The predicted molar refractivity (Wildman–Crippen MR) is 53.5 cm³/mol. The van der Waals surface area contributed by atoms with Crippen molar-refractivity contribution in [2.45, 2.75) is 32.3 Å². The smallest absolute Gasteiger partial charge is 0.0728 e. The topological polar surface area (TPSA) is 23.5 Å². The fraction of sp³-hybridized carbons (Fsp3) is 1.00. The molecule has 0 aromatic carbocycles. The molecule has 2 heteroatoms. The summed E-state index contributed by atoms with van der Waals surface area (Å²) in [5.41, 5.74) is -0.341. The molecule has 76 valence electrons. The molecule has 1 saturated carbocycles. The van der Waals surface area contributed by atoms with E-state index in [0.29, 0.717) is 17.8 Å². The van der Waals surface area contributed by atoms with Gasteiger partial charge in [0, 0.05) is 19.0 Å². The lowest BCUT2D eigenvalue weighted by atomic mass is 9.74. The number of piperidine rings is 1. The predicted octanol–water partition coefficient (Wildman–Crippen LogP) is 1.35. The minimum absolute atomic E-state index is 0.341. The van der Waals surface area contributed by atoms with Crippen molar-refractivity contribution >= 4 is 0 Å². The summed E-state index contributed by atoms with van der Waals surface area (Å²) in [7, 11) is 2.17. The molecule has 0 aromatic rings. The standard InChI is InChI=1S/C11H21NO/c1-8-4-5-11(13)9(2)6-12(3)7-10(8)11/h8-10,13H,4-7H2,1-3H3/t8-,9+,10+,11-/m1/s1. The first-order valence-electron chi connectivity index (χ1n) is 5.45. The SMILES string of the molecule is C[C@@H]1CC[C@@]2(O)[C@@H](C)CN(C)C[C@@H]12. The summed E-state index contributed by atoms with van der Waals surface area (Å²) in [6.45, 7) is 6.62. The first-order valence-corrected chi connectivity index (χ1v) is 5.45. The van der Waals surface area contributed by atoms with Crippen molar-refractivity contribution in [2.24, 2.45) is 17.8 Å². The third-order valence-corrected chi connectivity index (χ3v) is 4.28. The van der Waals surface area contributed by atoms with E-state index in [4.69, 9.17) is 0 Å². The van der Waals surface area contributed by atoms with E-state index in [0.717, 1.165) is 19.5 Å². The average Bonchev–Trinajstić information content (AvgIpc) is 2.33. The van der Waals surface area contributed by atoms with Crippen LogP contribution < -0.4 is 0 Å². The molecule has 1 saturated heterocycles. The van der Waals surface area contributed by atoms with Gasteiger partial charge in [-0.15, -0.1) is 0 Å². The summed E-state index contributed by atoms with van der Waals surface area (Å²) < 4.78 is 0. The number of nitrogens with zero attached hydrogens (tertiary/aromatic N) is 1. The largest absolute Gasteiger partial charge is 0.389 e. The van der Waals surface area contributed by atoms with E-state index in [2.05, 4.69) is 25.8 Å². The minimum Gasteiger partial charge on any atom is -0.389 e. The Morgan fingerprint density at radius 3 is 2.69 bits per heavy atom. The zero-order valence-corrected chi connectivity index (χ0v) is 8.95. The highest BCUT2D eigenvalue weighted by atomic mass is 16.3. The molecule has 0 unspecified atom stereocenters. The fourth-order valence-corrected chi connectivity index (χ4v) is 3.32. The monoisotopic (exact) mass is 183 g/mol. The quantitative estimate of drug-likeness (QED) is 0.612. The maximum absolute atomic E-state index is 10.5. The van der Waals surface area contributed by atoms with E-state index in [1.807, 2.05) is 0 Å². The second-order valence-electron chi connectivity index (χ2n) is 5.24. The van der Waals surface area contributed by atoms with Gasteiger partial charge in [0.15, 0.2) is 0 Å². The van der Waals surface area contributed by atoms with Gasteiger partial charge in [-0.05, 0) is 31.7 Å². The Morgan fingerprint density at radius 2 is 2.00 bits per heavy atom. The highest BCUT2D eigenvalue weighted by molar-refractivity contribution is 5.03. The van der Waals surface area contributed by atoms with Gasteiger partial charge in [0.2, 0.25) is 0 Å². The third-order valence-electron chi connectivity index (χ3n) is 4.28. The Labute approximate surface area is 80.9 Å². The molecule has 1 heterocycles. The molecule has 13 heavy (non-hydrogen) atoms. The number of hydrogen-bond donors (Lipinski definition) is 1. The van der Waals surface area contributed by atoms with Gasteiger partial charge in [-0.1, -0.05) is 13.8 Å². The summed E-state index contributed by atoms with van der Waals surface area (Å²) in [5.74, 6) is 1.66. The van der Waals surface area contributed by atoms with Crippen LogP contribution in [0.25, 0.3) is 0 Å². The highest BCUT2D eigenvalue weighted by Gasteiger charge is 2.51. The molecule has 0 spiro atoms. The van der Waals surface area contributed by atoms with Crippen molar-refractivity contribution < 1.29 is 5.11 Å². The van der Waals surface area contributed by atoms with Crippen LogP contribution in [0.4, 0.5) is 0 Å². The number of hydrogen-bond acceptors (Lipinski definition) is 2. The van der Waals surface area contributed by atoms with E-state index in [9.17, 15) is 5.11 Å². The Morgan fingerprint density at radius 1 is 1.31 bits per heavy atom. The molecule has 1 N–H and O–H groups in total. The first kappa shape index (κ1) is 9.47. The molecule has 0 bridgehead atoms. The van der Waals surface area contributed by atoms with Crippen LogP contribution in [-0.2, 0) is 0 Å². The van der Waals surface area contributed by atoms with Gasteiger partial charge >= 0.3 is 0 Å². The van der Waals surface area contributed by atoms with Crippen LogP contribution in [-0.4, -0.2) is 35.7 Å². The molecule has 0 amide bonds. The van der Waals surface area contributed by atoms with Crippen molar-refractivity contribution in [1.82, 2.24) is 4.90 Å². The third kappa shape index (κ3) is 1.31. The van der Waals surface area contributed by atoms with Crippen molar-refractivity contribution in [3.05, 3.63) is 0 Å². The van der Waals surface area contributed by atoms with Gasteiger partial charge in [-0.25, -0.2) is 0 Å². The highest BCUT2D eigenvalue weighted by Crippen LogP contribution is 2.47. The van der Waals surface area contributed by atoms with E-state index in [1.54, 1.807) is 0 Å². The maximum Gasteiger partial charge on any atom is 0.0728 e. The van der Waals surface area contributed by atoms with Crippen LogP contribution in [0.3, 0.4) is 0 Å². The van der Waals surface area contributed by atoms with Crippen molar-refractivity contribution in [2.75, 3.05) is 20.1 Å². The minimum atomic E-state index is -0.341. The lowest BCUT2D eigenvalue weighted by Crippen LogP contribution is -2.54. The van der Waals surface area contributed by atoms with Gasteiger partial charge in [0.05, 0.1) is 5.60 Å². The fourth-order valence-electron chi connectivity index (χ4n) is 3.32. The molecule has 1 aliphatic heterocycles. The summed E-state index contributed by atoms with van der Waals surface area (Å²) in [4.78, 5) is 2.37. The van der Waals surface area contributed by atoms with Crippen LogP contribution in [0.5, 0.6) is 0 Å². The number of likely N-dealkylation sites (tertiary alicyclic amines) is 1. The van der Waals surface area contributed by atoms with E-state index >= 15 is 0 Å². The molecule has 2 aliphatic rings. The molecule has 2 fully saturated rings. The second-order valence-corrected chi connectivity index (χ2v) is 5.24. The van der Waals surface area contributed by atoms with Crippen LogP contribution in [0.1, 0.15) is 26.7 Å². The van der Waals surface area contributed by atoms with Crippen molar-refractivity contribution in [1.29, 1.82) is 0 Å². The molecule has 2 rings (SSSR count). The van der Waals surface area contributed by atoms with Gasteiger partial charge in [0.25, 0.3) is 0 Å². The molecule has 0 aromatic heterocycles. The second kappa shape index (κ2) is 2.96. The van der Waals surface area contributed by atoms with E-state index < -0.39 is 0 Å². The van der Waals surface area contributed by atoms with Crippen molar-refractivity contribution in [3.8, 4) is 0 Å². The lowest BCUT2D eigenvalue weighted by molar-refractivity contribution is -0.0961. The molecule has 4 atom stereocenters. The Hall–Kier alpha value is -0.0800. The van der Waals surface area contributed by atoms with Crippen molar-refractivity contribution in [3.63, 3.8) is 0 Å². The number of rotatable bonds is 0. The van der Waals surface area contributed by atoms with Crippen LogP contribution >= 0.6 is 0 Å². The zero-order valence-electron chi connectivity index (χ0n) is 8.95. The lowest BCUT2D eigenvalue weighted by Gasteiger charge is -2.45. The Balaban J connectivity index is 2.21. The normalized spacial score (nSPS) is 52.2. The van der Waals surface area contributed by atoms with Gasteiger partial charge in [-0.3, -0.25) is 0 Å².